The van der Waals surface area contributed by atoms with Crippen molar-refractivity contribution in [3.05, 3.63) is 29.0 Å². The summed E-state index contributed by atoms with van der Waals surface area (Å²) < 4.78 is 36.6. The summed E-state index contributed by atoms with van der Waals surface area (Å²) in [7, 11) is 0. The molecule has 20 heavy (non-hydrogen) atoms. The van der Waals surface area contributed by atoms with Gasteiger partial charge in [-0.3, -0.25) is 4.79 Å². The predicted octanol–water partition coefficient (Wildman–Crippen LogP) is 2.73. The molecule has 1 fully saturated rings. The van der Waals surface area contributed by atoms with Crippen molar-refractivity contribution in [3.63, 3.8) is 0 Å². The maximum absolute atomic E-state index is 12.2. The maximum atomic E-state index is 12.2. The molecule has 0 bridgehead atoms. The predicted molar refractivity (Wildman–Crippen MR) is 70.6 cm³/mol. The lowest BCUT2D eigenvalue weighted by atomic mass is 10.3. The van der Waals surface area contributed by atoms with Crippen LogP contribution in [0, 0.1) is 0 Å². The molecule has 0 unspecified atom stereocenters. The second-order valence-electron chi connectivity index (χ2n) is 3.96. The van der Waals surface area contributed by atoms with Gasteiger partial charge in [0.2, 0.25) is 0 Å². The van der Waals surface area contributed by atoms with Gasteiger partial charge in [0.05, 0.1) is 0 Å². The first-order valence-corrected chi connectivity index (χ1v) is 6.90. The summed E-state index contributed by atoms with van der Waals surface area (Å²) in [5, 5.41) is 0.424. The zero-order valence-corrected chi connectivity index (χ0v) is 11.6. The molecule has 0 radical (unpaired) electrons. The zero-order valence-electron chi connectivity index (χ0n) is 10.0. The summed E-state index contributed by atoms with van der Waals surface area (Å²) in [6, 6.07) is 3.32. The Bertz CT molecular complexity index is 533. The number of halogens is 4. The summed E-state index contributed by atoms with van der Waals surface area (Å²) in [6.07, 6.45) is -3.40. The molecular formula is C11H9ClF3N3OS. The van der Waals surface area contributed by atoms with Crippen molar-refractivity contribution in [2.75, 3.05) is 12.3 Å². The Morgan fingerprint density at radius 1 is 1.50 bits per heavy atom. The fourth-order valence-electron chi connectivity index (χ4n) is 1.55. The van der Waals surface area contributed by atoms with Crippen LogP contribution in [-0.2, 0) is 11.3 Å². The van der Waals surface area contributed by atoms with Crippen LogP contribution < -0.4 is 0 Å². The minimum atomic E-state index is -4.94. The summed E-state index contributed by atoms with van der Waals surface area (Å²) in [5.74, 6) is -1.49. The largest absolute Gasteiger partial charge is 0.473 e. The molecule has 1 aliphatic heterocycles. The first-order valence-electron chi connectivity index (χ1n) is 5.54. The molecule has 1 aromatic rings. The summed E-state index contributed by atoms with van der Waals surface area (Å²) >= 11 is 6.78. The Morgan fingerprint density at radius 2 is 2.25 bits per heavy atom. The molecule has 0 N–H and O–H groups in total. The number of nitrogens with zero attached hydrogens (tertiary/aromatic N) is 3. The average molecular weight is 324 g/mol. The minimum absolute atomic E-state index is 0.0854. The number of thioether (sulfide) groups is 1. The standard InChI is InChI=1S/C11H9ClF3N3OS/c12-8-2-1-7(5-16-8)6-18-3-4-20-10(18)17-9(19)11(13,14)15/h1-2,5H,3-4,6H2/b17-10+. The first-order chi connectivity index (χ1) is 9.36. The molecule has 0 atom stereocenters. The molecule has 1 aliphatic rings. The summed E-state index contributed by atoms with van der Waals surface area (Å²) in [6.45, 7) is 0.860. The molecule has 1 amide bonds. The number of pyridine rings is 1. The van der Waals surface area contributed by atoms with Gasteiger partial charge >= 0.3 is 12.1 Å². The Kier molecular flexibility index (Phi) is 4.54. The maximum Gasteiger partial charge on any atom is 0.473 e. The molecule has 2 rings (SSSR count). The van der Waals surface area contributed by atoms with E-state index in [1.807, 2.05) is 0 Å². The highest BCUT2D eigenvalue weighted by atomic mass is 35.5. The van der Waals surface area contributed by atoms with E-state index in [4.69, 9.17) is 11.6 Å². The van der Waals surface area contributed by atoms with Gasteiger partial charge in [-0.05, 0) is 11.6 Å². The number of hydrogen-bond acceptors (Lipinski definition) is 3. The number of carbonyl (C=O) groups is 1. The molecule has 2 heterocycles. The van der Waals surface area contributed by atoms with Crippen LogP contribution in [0.4, 0.5) is 13.2 Å². The molecule has 1 aromatic heterocycles. The number of hydrogen-bond donors (Lipinski definition) is 0. The molecule has 108 valence electrons. The second-order valence-corrected chi connectivity index (χ2v) is 5.41. The highest BCUT2D eigenvalue weighted by Crippen LogP contribution is 2.23. The molecule has 0 aromatic carbocycles. The third-order valence-corrected chi connectivity index (χ3v) is 3.68. The van der Waals surface area contributed by atoms with E-state index in [1.54, 1.807) is 17.0 Å². The molecular weight excluding hydrogens is 315 g/mol. The quantitative estimate of drug-likeness (QED) is 0.785. The van der Waals surface area contributed by atoms with Gasteiger partial charge in [-0.15, -0.1) is 0 Å². The van der Waals surface area contributed by atoms with E-state index in [-0.39, 0.29) is 5.17 Å². The fourth-order valence-corrected chi connectivity index (χ4v) is 2.65. The Labute approximate surface area is 122 Å². The molecule has 1 saturated heterocycles. The van der Waals surface area contributed by atoms with Gasteiger partial charge in [-0.2, -0.15) is 18.2 Å². The lowest BCUT2D eigenvalue weighted by Gasteiger charge is -2.17. The number of aromatic nitrogens is 1. The number of carbonyl (C=O) groups excluding carboxylic acids is 1. The monoisotopic (exact) mass is 323 g/mol. The lowest BCUT2D eigenvalue weighted by Crippen LogP contribution is -2.28. The van der Waals surface area contributed by atoms with E-state index >= 15 is 0 Å². The summed E-state index contributed by atoms with van der Waals surface area (Å²) in [4.78, 5) is 19.5. The van der Waals surface area contributed by atoms with Crippen LogP contribution in [-0.4, -0.2) is 39.4 Å². The van der Waals surface area contributed by atoms with Gasteiger partial charge in [-0.1, -0.05) is 29.4 Å². The minimum Gasteiger partial charge on any atom is -0.346 e. The molecule has 9 heteroatoms. The van der Waals surface area contributed by atoms with E-state index in [9.17, 15) is 18.0 Å². The van der Waals surface area contributed by atoms with Gasteiger partial charge in [0, 0.05) is 25.0 Å². The number of aliphatic imine (C=N–C) groups is 1. The number of amidine groups is 1. The Balaban J connectivity index is 2.09. The Morgan fingerprint density at radius 3 is 2.85 bits per heavy atom. The third kappa shape index (κ3) is 3.86. The van der Waals surface area contributed by atoms with Crippen LogP contribution in [0.5, 0.6) is 0 Å². The SMILES string of the molecule is O=C(/N=C1/SCCN1Cc1ccc(Cl)nc1)C(F)(F)F. The van der Waals surface area contributed by atoms with Crippen LogP contribution >= 0.6 is 23.4 Å². The van der Waals surface area contributed by atoms with Gasteiger partial charge in [-0.25, -0.2) is 4.98 Å². The van der Waals surface area contributed by atoms with Crippen molar-refractivity contribution in [1.29, 1.82) is 0 Å². The van der Waals surface area contributed by atoms with Crippen LogP contribution in [0.3, 0.4) is 0 Å². The number of alkyl halides is 3. The van der Waals surface area contributed by atoms with Crippen LogP contribution in [0.2, 0.25) is 5.15 Å². The van der Waals surface area contributed by atoms with Crippen molar-refractivity contribution in [1.82, 2.24) is 9.88 Å². The van der Waals surface area contributed by atoms with E-state index in [2.05, 4.69) is 9.98 Å². The lowest BCUT2D eigenvalue weighted by molar-refractivity contribution is -0.169. The number of amides is 1. The third-order valence-electron chi connectivity index (χ3n) is 2.46. The fraction of sp³-hybridized carbons (Fsp3) is 0.364. The molecule has 0 saturated carbocycles. The van der Waals surface area contributed by atoms with Crippen LogP contribution in [0.15, 0.2) is 23.3 Å². The molecule has 0 aliphatic carbocycles. The van der Waals surface area contributed by atoms with Crippen molar-refractivity contribution in [3.8, 4) is 0 Å². The van der Waals surface area contributed by atoms with E-state index < -0.39 is 12.1 Å². The zero-order chi connectivity index (χ0) is 14.8. The van der Waals surface area contributed by atoms with Gasteiger partial charge in [0.1, 0.15) is 5.15 Å². The van der Waals surface area contributed by atoms with E-state index in [0.717, 1.165) is 17.3 Å². The van der Waals surface area contributed by atoms with Gasteiger partial charge in [0.15, 0.2) is 5.17 Å². The molecule has 0 spiro atoms. The van der Waals surface area contributed by atoms with Crippen LogP contribution in [0.1, 0.15) is 5.56 Å². The smallest absolute Gasteiger partial charge is 0.346 e. The van der Waals surface area contributed by atoms with Gasteiger partial charge < -0.3 is 4.90 Å². The first kappa shape index (κ1) is 15.1. The van der Waals surface area contributed by atoms with Crippen LogP contribution in [0.25, 0.3) is 0 Å². The van der Waals surface area contributed by atoms with Gasteiger partial charge in [0.25, 0.3) is 0 Å². The van der Waals surface area contributed by atoms with Crippen molar-refractivity contribution >= 4 is 34.4 Å². The Hall–Kier alpha value is -1.28. The highest BCUT2D eigenvalue weighted by molar-refractivity contribution is 8.14. The normalized spacial score (nSPS) is 17.8. The van der Waals surface area contributed by atoms with Crippen molar-refractivity contribution < 1.29 is 18.0 Å². The highest BCUT2D eigenvalue weighted by Gasteiger charge is 2.39. The van der Waals surface area contributed by atoms with Crippen molar-refractivity contribution in [2.45, 2.75) is 12.7 Å². The number of rotatable bonds is 2. The van der Waals surface area contributed by atoms with E-state index in [1.165, 1.54) is 6.20 Å². The van der Waals surface area contributed by atoms with E-state index in [0.29, 0.717) is 24.0 Å². The average Bonchev–Trinajstić information content (AvgIpc) is 2.78. The topological polar surface area (TPSA) is 45.6 Å². The molecule has 4 nitrogen and oxygen atoms in total. The second kappa shape index (κ2) is 6.01. The summed E-state index contributed by atoms with van der Waals surface area (Å²) in [5.41, 5.74) is 0.782. The van der Waals surface area contributed by atoms with Crippen molar-refractivity contribution in [2.24, 2.45) is 4.99 Å².